The number of hydrogen-bond donors (Lipinski definition) is 3. The van der Waals surface area contributed by atoms with Gasteiger partial charge in [0, 0.05) is 5.70 Å². The van der Waals surface area contributed by atoms with Gasteiger partial charge in [0.1, 0.15) is 0 Å². The molecule has 1 aliphatic heterocycles. The van der Waals surface area contributed by atoms with E-state index in [1.54, 1.807) is 39.8 Å². The van der Waals surface area contributed by atoms with Crippen molar-refractivity contribution >= 4 is 12.0 Å². The summed E-state index contributed by atoms with van der Waals surface area (Å²) in [7, 11) is 0. The number of phenolic OH excluding ortho intramolecular Hbond substituents is 1. The first kappa shape index (κ1) is 17.7. The van der Waals surface area contributed by atoms with Gasteiger partial charge >= 0.3 is 12.0 Å². The highest BCUT2D eigenvalue weighted by Crippen LogP contribution is 2.34. The summed E-state index contributed by atoms with van der Waals surface area (Å²) in [6.45, 7) is 7.34. The van der Waals surface area contributed by atoms with Crippen LogP contribution in [-0.2, 0) is 9.53 Å². The van der Waals surface area contributed by atoms with E-state index >= 15 is 0 Å². The Balaban J connectivity index is 2.45. The predicted molar refractivity (Wildman–Crippen MR) is 87.6 cm³/mol. The molecule has 7 heteroatoms. The molecule has 2 rings (SSSR count). The van der Waals surface area contributed by atoms with E-state index in [4.69, 9.17) is 9.47 Å². The Labute approximate surface area is 140 Å². The first-order chi connectivity index (χ1) is 11.3. The summed E-state index contributed by atoms with van der Waals surface area (Å²) in [6.07, 6.45) is -0.283. The highest BCUT2D eigenvalue weighted by atomic mass is 16.5. The maximum atomic E-state index is 12.4. The smallest absolute Gasteiger partial charge is 0.338 e. The van der Waals surface area contributed by atoms with Crippen LogP contribution in [0.15, 0.2) is 29.5 Å². The third-order valence-corrected chi connectivity index (χ3v) is 3.45. The highest BCUT2D eigenvalue weighted by Gasteiger charge is 2.33. The number of ether oxygens (including phenoxy) is 2. The second-order valence-electron chi connectivity index (χ2n) is 5.68. The van der Waals surface area contributed by atoms with Crippen molar-refractivity contribution in [3.05, 3.63) is 35.0 Å². The largest absolute Gasteiger partial charge is 0.504 e. The number of aromatic hydroxyl groups is 1. The lowest BCUT2D eigenvalue weighted by Crippen LogP contribution is -2.45. The fourth-order valence-corrected chi connectivity index (χ4v) is 2.47. The number of hydrogen-bond acceptors (Lipinski definition) is 5. The molecule has 1 aliphatic rings. The van der Waals surface area contributed by atoms with Crippen LogP contribution in [0.1, 0.15) is 39.3 Å². The van der Waals surface area contributed by atoms with Crippen molar-refractivity contribution in [2.24, 2.45) is 0 Å². The summed E-state index contributed by atoms with van der Waals surface area (Å²) < 4.78 is 10.7. The number of urea groups is 1. The molecule has 3 N–H and O–H groups in total. The normalized spacial score (nSPS) is 17.4. The van der Waals surface area contributed by atoms with E-state index in [0.717, 1.165) is 0 Å². The average molecular weight is 334 g/mol. The second-order valence-corrected chi connectivity index (χ2v) is 5.68. The van der Waals surface area contributed by atoms with Crippen LogP contribution in [0.3, 0.4) is 0 Å². The van der Waals surface area contributed by atoms with Crippen LogP contribution < -0.4 is 15.4 Å². The highest BCUT2D eigenvalue weighted by molar-refractivity contribution is 5.95. The lowest BCUT2D eigenvalue weighted by molar-refractivity contribution is -0.143. The van der Waals surface area contributed by atoms with Gasteiger partial charge in [0.15, 0.2) is 11.5 Å². The third kappa shape index (κ3) is 3.79. The molecule has 130 valence electrons. The summed E-state index contributed by atoms with van der Waals surface area (Å²) in [6, 6.07) is 3.60. The summed E-state index contributed by atoms with van der Waals surface area (Å²) in [5.41, 5.74) is 1.36. The van der Waals surface area contributed by atoms with Crippen molar-refractivity contribution in [2.75, 3.05) is 6.61 Å². The molecule has 24 heavy (non-hydrogen) atoms. The number of rotatable bonds is 5. The van der Waals surface area contributed by atoms with E-state index in [1.807, 2.05) is 0 Å². The zero-order valence-electron chi connectivity index (χ0n) is 14.2. The van der Waals surface area contributed by atoms with Gasteiger partial charge < -0.3 is 25.2 Å². The number of esters is 1. The maximum absolute atomic E-state index is 12.4. The van der Waals surface area contributed by atoms with Gasteiger partial charge in [-0.25, -0.2) is 9.59 Å². The average Bonchev–Trinajstić information content (AvgIpc) is 2.48. The number of carbonyl (C=O) groups excluding carboxylic acids is 2. The lowest BCUT2D eigenvalue weighted by Gasteiger charge is -2.28. The van der Waals surface area contributed by atoms with Gasteiger partial charge in [0.25, 0.3) is 0 Å². The minimum Gasteiger partial charge on any atom is -0.504 e. The first-order valence-corrected chi connectivity index (χ1v) is 7.78. The molecule has 0 aromatic heterocycles. The molecular weight excluding hydrogens is 312 g/mol. The molecule has 0 bridgehead atoms. The summed E-state index contributed by atoms with van der Waals surface area (Å²) in [5.74, 6) is -0.226. The quantitative estimate of drug-likeness (QED) is 0.718. The molecule has 0 radical (unpaired) electrons. The van der Waals surface area contributed by atoms with E-state index in [2.05, 4.69) is 10.6 Å². The number of benzene rings is 1. The van der Waals surface area contributed by atoms with E-state index in [-0.39, 0.29) is 17.6 Å². The van der Waals surface area contributed by atoms with Crippen LogP contribution >= 0.6 is 0 Å². The molecule has 1 heterocycles. The van der Waals surface area contributed by atoms with E-state index in [1.165, 1.54) is 6.07 Å². The molecule has 0 aliphatic carbocycles. The molecule has 2 amide bonds. The van der Waals surface area contributed by atoms with Crippen molar-refractivity contribution < 1.29 is 24.2 Å². The molecule has 7 nitrogen and oxygen atoms in total. The molecule has 1 aromatic carbocycles. The van der Waals surface area contributed by atoms with E-state index in [0.29, 0.717) is 23.4 Å². The predicted octanol–water partition coefficient (Wildman–Crippen LogP) is 2.37. The van der Waals surface area contributed by atoms with Gasteiger partial charge in [-0.3, -0.25) is 0 Å². The van der Waals surface area contributed by atoms with Crippen LogP contribution in [0.5, 0.6) is 11.5 Å². The van der Waals surface area contributed by atoms with E-state index < -0.39 is 18.0 Å². The van der Waals surface area contributed by atoms with Crippen LogP contribution in [-0.4, -0.2) is 29.8 Å². The van der Waals surface area contributed by atoms with Crippen molar-refractivity contribution in [3.63, 3.8) is 0 Å². The van der Waals surface area contributed by atoms with Gasteiger partial charge in [-0.1, -0.05) is 6.07 Å². The first-order valence-electron chi connectivity index (χ1n) is 7.78. The summed E-state index contributed by atoms with van der Waals surface area (Å²) in [4.78, 5) is 24.3. The van der Waals surface area contributed by atoms with Crippen molar-refractivity contribution in [2.45, 2.75) is 39.8 Å². The molecule has 0 unspecified atom stereocenters. The Bertz CT molecular complexity index is 682. The fraction of sp³-hybridized carbons (Fsp3) is 0.412. The molecule has 0 spiro atoms. The van der Waals surface area contributed by atoms with Crippen molar-refractivity contribution in [3.8, 4) is 11.5 Å². The van der Waals surface area contributed by atoms with Gasteiger partial charge in [0.05, 0.1) is 24.3 Å². The Kier molecular flexibility index (Phi) is 5.33. The van der Waals surface area contributed by atoms with Crippen LogP contribution in [0.2, 0.25) is 0 Å². The molecule has 0 saturated carbocycles. The Morgan fingerprint density at radius 2 is 2.08 bits per heavy atom. The summed E-state index contributed by atoms with van der Waals surface area (Å²) >= 11 is 0. The summed E-state index contributed by atoms with van der Waals surface area (Å²) in [5, 5.41) is 15.1. The van der Waals surface area contributed by atoms with Gasteiger partial charge in [-0.15, -0.1) is 0 Å². The monoisotopic (exact) mass is 334 g/mol. The topological polar surface area (TPSA) is 96.9 Å². The molecule has 0 saturated heterocycles. The number of nitrogens with one attached hydrogen (secondary N) is 2. The second kappa shape index (κ2) is 7.25. The SMILES string of the molecule is CCOc1cc([C@H]2NC(=O)NC(C)=C2C(=O)OC(C)C)ccc1O. The van der Waals surface area contributed by atoms with Crippen LogP contribution in [0.25, 0.3) is 0 Å². The minimum atomic E-state index is -0.690. The maximum Gasteiger partial charge on any atom is 0.338 e. The number of phenols is 1. The van der Waals surface area contributed by atoms with Gasteiger partial charge in [0.2, 0.25) is 0 Å². The number of allylic oxidation sites excluding steroid dienone is 1. The molecule has 0 fully saturated rings. The minimum absolute atomic E-state index is 0.00660. The van der Waals surface area contributed by atoms with Crippen LogP contribution in [0, 0.1) is 0 Å². The van der Waals surface area contributed by atoms with E-state index in [9.17, 15) is 14.7 Å². The van der Waals surface area contributed by atoms with Crippen molar-refractivity contribution in [1.29, 1.82) is 0 Å². The third-order valence-electron chi connectivity index (χ3n) is 3.45. The van der Waals surface area contributed by atoms with Gasteiger partial charge in [-0.2, -0.15) is 0 Å². The molecule has 1 atom stereocenters. The fourth-order valence-electron chi connectivity index (χ4n) is 2.47. The Hall–Kier alpha value is -2.70. The lowest BCUT2D eigenvalue weighted by atomic mass is 9.95. The molecular formula is C17H22N2O5. The Morgan fingerprint density at radius 1 is 1.38 bits per heavy atom. The zero-order chi connectivity index (χ0) is 17.9. The Morgan fingerprint density at radius 3 is 2.71 bits per heavy atom. The van der Waals surface area contributed by atoms with Crippen molar-refractivity contribution in [1.82, 2.24) is 10.6 Å². The van der Waals surface area contributed by atoms with Gasteiger partial charge in [-0.05, 0) is 45.4 Å². The number of amides is 2. The molecule has 1 aromatic rings. The van der Waals surface area contributed by atoms with Crippen LogP contribution in [0.4, 0.5) is 4.79 Å². The zero-order valence-corrected chi connectivity index (χ0v) is 14.2. The standard InChI is InChI=1S/C17H22N2O5/c1-5-23-13-8-11(6-7-12(13)20)15-14(16(21)24-9(2)3)10(4)18-17(22)19-15/h6-9,15,20H,5H2,1-4H3,(H2,18,19,22)/t15-/m1/s1. The number of carbonyl (C=O) groups is 2.